The van der Waals surface area contributed by atoms with Gasteiger partial charge >= 0.3 is 0 Å². The highest BCUT2D eigenvalue weighted by Gasteiger charge is 2.01. The second-order valence-corrected chi connectivity index (χ2v) is 3.69. The van der Waals surface area contributed by atoms with E-state index in [0.717, 1.165) is 11.3 Å². The highest BCUT2D eigenvalue weighted by atomic mass is 14.7. The molecule has 0 saturated carbocycles. The maximum absolute atomic E-state index is 4.40. The largest absolute Gasteiger partial charge is 0.256 e. The van der Waals surface area contributed by atoms with Gasteiger partial charge in [-0.3, -0.25) is 4.98 Å². The Bertz CT molecular complexity index is 369. The fraction of sp³-hybridized carbons (Fsp3) is 0.214. The molecule has 0 unspecified atom stereocenters. The molecule has 1 aromatic rings. The molecule has 0 radical (unpaired) electrons. The number of nitrogens with zero attached hydrogens (tertiary/aromatic N) is 1. The van der Waals surface area contributed by atoms with Crippen molar-refractivity contribution in [2.75, 3.05) is 0 Å². The first-order valence-electron chi connectivity index (χ1n) is 5.10. The van der Waals surface area contributed by atoms with Crippen molar-refractivity contribution in [3.63, 3.8) is 0 Å². The van der Waals surface area contributed by atoms with Crippen molar-refractivity contribution in [1.29, 1.82) is 0 Å². The Hall–Kier alpha value is -1.63. The molecule has 1 rings (SSSR count). The third-order valence-corrected chi connectivity index (χ3v) is 2.27. The molecule has 1 aromatic heterocycles. The molecule has 0 bridgehead atoms. The summed E-state index contributed by atoms with van der Waals surface area (Å²) in [6.45, 7) is 11.7. The van der Waals surface area contributed by atoms with E-state index in [-0.39, 0.29) is 0 Å². The number of hydrogen-bond donors (Lipinski definition) is 0. The van der Waals surface area contributed by atoms with Crippen LogP contribution < -0.4 is 0 Å². The van der Waals surface area contributed by atoms with Crippen LogP contribution in [0.5, 0.6) is 0 Å². The van der Waals surface area contributed by atoms with E-state index in [9.17, 15) is 0 Å². The van der Waals surface area contributed by atoms with Crippen molar-refractivity contribution in [1.82, 2.24) is 4.98 Å². The summed E-state index contributed by atoms with van der Waals surface area (Å²) in [5.74, 6) is 0.516. The topological polar surface area (TPSA) is 12.9 Å². The van der Waals surface area contributed by atoms with Gasteiger partial charge in [-0.05, 0) is 23.1 Å². The van der Waals surface area contributed by atoms with Crippen LogP contribution in [0.4, 0.5) is 0 Å². The van der Waals surface area contributed by atoms with E-state index in [2.05, 4.69) is 38.1 Å². The minimum atomic E-state index is 0.516. The lowest BCUT2D eigenvalue weighted by atomic mass is 10.0. The average molecular weight is 199 g/mol. The van der Waals surface area contributed by atoms with E-state index < -0.39 is 0 Å². The lowest BCUT2D eigenvalue weighted by Crippen LogP contribution is -1.92. The summed E-state index contributed by atoms with van der Waals surface area (Å²) >= 11 is 0. The van der Waals surface area contributed by atoms with Gasteiger partial charge in [0.1, 0.15) is 0 Å². The van der Waals surface area contributed by atoms with Crippen molar-refractivity contribution in [3.05, 3.63) is 61.0 Å². The summed E-state index contributed by atoms with van der Waals surface area (Å²) in [4.78, 5) is 4.40. The quantitative estimate of drug-likeness (QED) is 0.669. The van der Waals surface area contributed by atoms with Crippen LogP contribution in [0.2, 0.25) is 0 Å². The van der Waals surface area contributed by atoms with Gasteiger partial charge in [0.25, 0.3) is 0 Å². The van der Waals surface area contributed by atoms with Gasteiger partial charge in [0.05, 0.1) is 5.69 Å². The first-order valence-corrected chi connectivity index (χ1v) is 5.10. The predicted octanol–water partition coefficient (Wildman–Crippen LogP) is 3.96. The maximum Gasteiger partial charge on any atom is 0.0701 e. The molecule has 0 fully saturated rings. The summed E-state index contributed by atoms with van der Waals surface area (Å²) in [5.41, 5.74) is 3.19. The Morgan fingerprint density at radius 2 is 2.07 bits per heavy atom. The Kier molecular flexibility index (Phi) is 4.04. The third-order valence-electron chi connectivity index (χ3n) is 2.27. The molecule has 0 aliphatic rings. The first kappa shape index (κ1) is 11.4. The Morgan fingerprint density at radius 3 is 2.47 bits per heavy atom. The number of pyridine rings is 1. The van der Waals surface area contributed by atoms with Crippen LogP contribution in [0, 0.1) is 0 Å². The molecule has 78 valence electrons. The zero-order valence-electron chi connectivity index (χ0n) is 9.40. The molecule has 0 aliphatic heterocycles. The zero-order chi connectivity index (χ0) is 11.3. The van der Waals surface area contributed by atoms with Gasteiger partial charge in [-0.25, -0.2) is 0 Å². The second-order valence-electron chi connectivity index (χ2n) is 3.69. The molecular formula is C14H17N. The van der Waals surface area contributed by atoms with Crippen LogP contribution in [0.15, 0.2) is 49.7 Å². The zero-order valence-corrected chi connectivity index (χ0v) is 9.40. The molecular weight excluding hydrogens is 182 g/mol. The number of hydrogen-bond acceptors (Lipinski definition) is 1. The van der Waals surface area contributed by atoms with Crippen LogP contribution in [-0.4, -0.2) is 4.98 Å². The second kappa shape index (κ2) is 5.30. The van der Waals surface area contributed by atoms with E-state index in [1.165, 1.54) is 5.56 Å². The summed E-state index contributed by atoms with van der Waals surface area (Å²) in [6, 6.07) is 4.12. The van der Waals surface area contributed by atoms with Gasteiger partial charge in [-0.15, -0.1) is 0 Å². The molecule has 0 aromatic carbocycles. The van der Waals surface area contributed by atoms with Crippen molar-refractivity contribution >= 4 is 5.57 Å². The fourth-order valence-corrected chi connectivity index (χ4v) is 1.30. The van der Waals surface area contributed by atoms with Crippen molar-refractivity contribution in [2.24, 2.45) is 0 Å². The molecule has 1 heterocycles. The van der Waals surface area contributed by atoms with E-state index in [4.69, 9.17) is 0 Å². The highest BCUT2D eigenvalue weighted by molar-refractivity contribution is 5.72. The van der Waals surface area contributed by atoms with Crippen molar-refractivity contribution in [3.8, 4) is 0 Å². The maximum atomic E-state index is 4.40. The molecule has 0 N–H and O–H groups in total. The Balaban J connectivity index is 3.02. The van der Waals surface area contributed by atoms with Gasteiger partial charge in [0.15, 0.2) is 0 Å². The smallest absolute Gasteiger partial charge is 0.0701 e. The standard InChI is InChI=1S/C14H17N/c1-5-7-12(6-2)14-9-8-13(10-15-14)11(3)4/h5-11H,1-2H2,3-4H3/b12-7+. The Labute approximate surface area is 91.9 Å². The molecule has 0 saturated heterocycles. The van der Waals surface area contributed by atoms with E-state index >= 15 is 0 Å². The van der Waals surface area contributed by atoms with Crippen molar-refractivity contribution in [2.45, 2.75) is 19.8 Å². The summed E-state index contributed by atoms with van der Waals surface area (Å²) < 4.78 is 0. The van der Waals surface area contributed by atoms with E-state index in [0.29, 0.717) is 5.92 Å². The van der Waals surface area contributed by atoms with Gasteiger partial charge in [-0.1, -0.05) is 51.3 Å². The summed E-state index contributed by atoms with van der Waals surface area (Å²) in [5, 5.41) is 0. The summed E-state index contributed by atoms with van der Waals surface area (Å²) in [7, 11) is 0. The van der Waals surface area contributed by atoms with Crippen LogP contribution in [0.1, 0.15) is 31.0 Å². The lowest BCUT2D eigenvalue weighted by Gasteiger charge is -2.06. The SMILES string of the molecule is C=C/C=C(\C=C)c1ccc(C(C)C)cn1. The van der Waals surface area contributed by atoms with Crippen LogP contribution in [0.3, 0.4) is 0 Å². The highest BCUT2D eigenvalue weighted by Crippen LogP contribution is 2.17. The first-order chi connectivity index (χ1) is 7.19. The number of allylic oxidation sites excluding steroid dienone is 4. The molecule has 0 amide bonds. The minimum absolute atomic E-state index is 0.516. The normalized spacial score (nSPS) is 11.5. The molecule has 1 heteroatoms. The van der Waals surface area contributed by atoms with Gasteiger partial charge in [0, 0.05) is 6.20 Å². The van der Waals surface area contributed by atoms with Crippen molar-refractivity contribution < 1.29 is 0 Å². The molecule has 0 aliphatic carbocycles. The predicted molar refractivity (Wildman–Crippen MR) is 66.7 cm³/mol. The minimum Gasteiger partial charge on any atom is -0.256 e. The Morgan fingerprint density at radius 1 is 1.33 bits per heavy atom. The van der Waals surface area contributed by atoms with E-state index in [1.807, 2.05) is 18.3 Å². The molecule has 15 heavy (non-hydrogen) atoms. The average Bonchev–Trinajstić information content (AvgIpc) is 2.26. The summed E-state index contributed by atoms with van der Waals surface area (Å²) in [6.07, 6.45) is 7.36. The molecule has 1 nitrogen and oxygen atoms in total. The monoisotopic (exact) mass is 199 g/mol. The molecule has 0 atom stereocenters. The third kappa shape index (κ3) is 2.91. The fourth-order valence-electron chi connectivity index (χ4n) is 1.30. The van der Waals surface area contributed by atoms with Gasteiger partial charge in [-0.2, -0.15) is 0 Å². The lowest BCUT2D eigenvalue weighted by molar-refractivity contribution is 0.857. The van der Waals surface area contributed by atoms with Crippen LogP contribution in [-0.2, 0) is 0 Å². The number of aromatic nitrogens is 1. The van der Waals surface area contributed by atoms with Gasteiger partial charge < -0.3 is 0 Å². The molecule has 0 spiro atoms. The van der Waals surface area contributed by atoms with Crippen LogP contribution >= 0.6 is 0 Å². The van der Waals surface area contributed by atoms with Crippen LogP contribution in [0.25, 0.3) is 5.57 Å². The number of rotatable bonds is 4. The van der Waals surface area contributed by atoms with Gasteiger partial charge in [0.2, 0.25) is 0 Å². The van der Waals surface area contributed by atoms with E-state index in [1.54, 1.807) is 12.2 Å².